The zero-order valence-electron chi connectivity index (χ0n) is 65.2. The average Bonchev–Trinajstić information content (AvgIpc) is 0.906. The molecule has 13 aromatic rings. The minimum Gasteiger partial charge on any atom is -0.310 e. The lowest BCUT2D eigenvalue weighted by atomic mass is 9.33. The predicted molar refractivity (Wildman–Crippen MR) is 431 cm³/mol. The zero-order valence-corrected chi connectivity index (χ0v) is 60.2. The van der Waals surface area contributed by atoms with Crippen molar-refractivity contribution in [2.75, 3.05) is 9.80 Å². The number of hydrogen-bond acceptors (Lipinski definition) is 2. The van der Waals surface area contributed by atoms with Crippen molar-refractivity contribution in [3.05, 3.63) is 318 Å². The van der Waals surface area contributed by atoms with E-state index in [4.69, 9.17) is 1.37 Å². The molecule has 0 saturated heterocycles. The van der Waals surface area contributed by atoms with Crippen LogP contribution in [0.15, 0.2) is 285 Å². The molecule has 0 saturated carbocycles. The van der Waals surface area contributed by atoms with Gasteiger partial charge in [-0.2, -0.15) is 0 Å². The van der Waals surface area contributed by atoms with Gasteiger partial charge in [0.15, 0.2) is 0 Å². The molecule has 0 N–H and O–H groups in total. The van der Waals surface area contributed by atoms with E-state index in [2.05, 4.69) is 355 Å². The van der Waals surface area contributed by atoms with Gasteiger partial charge in [0.05, 0.1) is 18.2 Å². The van der Waals surface area contributed by atoms with Gasteiger partial charge >= 0.3 is 0 Å². The van der Waals surface area contributed by atoms with Gasteiger partial charge in [-0.1, -0.05) is 333 Å². The molecule has 0 unspecified atom stereocenters. The van der Waals surface area contributed by atoms with Crippen molar-refractivity contribution in [2.45, 2.75) is 124 Å². The van der Waals surface area contributed by atoms with E-state index < -0.39 is 12.8 Å². The Morgan fingerprint density at radius 2 is 0.690 bits per heavy atom. The van der Waals surface area contributed by atoms with Crippen molar-refractivity contribution in [1.29, 1.82) is 0 Å². The van der Waals surface area contributed by atoms with Crippen LogP contribution < -0.4 is 26.2 Å². The Labute approximate surface area is 601 Å². The summed E-state index contributed by atoms with van der Waals surface area (Å²) >= 11 is 0. The van der Waals surface area contributed by atoms with Crippen LogP contribution >= 0.6 is 0 Å². The van der Waals surface area contributed by atoms with E-state index >= 15 is 0 Å². The van der Waals surface area contributed by atoms with E-state index in [9.17, 15) is 5.48 Å². The first-order chi connectivity index (χ1) is 50.0. The normalized spacial score (nSPS) is 14.4. The molecule has 2 nitrogen and oxygen atoms in total. The van der Waals surface area contributed by atoms with Gasteiger partial charge in [0.25, 0.3) is 6.71 Å². The fourth-order valence-corrected chi connectivity index (χ4v) is 16.0. The Hall–Kier alpha value is -10.5. The van der Waals surface area contributed by atoms with Crippen LogP contribution in [0.5, 0.6) is 0 Å². The number of fused-ring (bicyclic) bond motifs is 7. The Bertz CT molecular complexity index is 5490. The molecule has 0 amide bonds. The summed E-state index contributed by atoms with van der Waals surface area (Å²) in [7, 11) is 0. The molecule has 13 aromatic carbocycles. The summed E-state index contributed by atoms with van der Waals surface area (Å²) in [6.07, 6.45) is 0. The molecule has 2 heterocycles. The average molecular weight is 1300 g/mol. The lowest BCUT2D eigenvalue weighted by Gasteiger charge is -2.46. The van der Waals surface area contributed by atoms with Crippen LogP contribution in [0, 0.1) is 0 Å². The van der Waals surface area contributed by atoms with Crippen LogP contribution in [-0.2, 0) is 27.1 Å². The van der Waals surface area contributed by atoms with Gasteiger partial charge in [-0.3, -0.25) is 0 Å². The molecule has 0 radical (unpaired) electrons. The topological polar surface area (TPSA) is 6.48 Å². The largest absolute Gasteiger partial charge is 0.310 e. The second kappa shape index (κ2) is 23.9. The molecule has 16 rings (SSSR count). The van der Waals surface area contributed by atoms with E-state index in [-0.39, 0.29) is 56.8 Å². The van der Waals surface area contributed by atoms with E-state index in [1.807, 2.05) is 6.07 Å². The van der Waals surface area contributed by atoms with Crippen LogP contribution in [0.1, 0.15) is 137 Å². The maximum atomic E-state index is 9.72. The molecule has 3 aliphatic rings. The summed E-state index contributed by atoms with van der Waals surface area (Å²) in [5.41, 5.74) is 31.4. The summed E-state index contributed by atoms with van der Waals surface area (Å²) < 4.78 is 46.7. The first-order valence-electron chi connectivity index (χ1n) is 38.1. The maximum Gasteiger partial charge on any atom is 0.252 e. The quantitative estimate of drug-likeness (QED) is 0.133. The Balaban J connectivity index is 1.15. The van der Waals surface area contributed by atoms with Gasteiger partial charge in [0.1, 0.15) is 0 Å². The third kappa shape index (κ3) is 11.0. The van der Waals surface area contributed by atoms with E-state index in [1.165, 1.54) is 44.5 Å². The maximum absolute atomic E-state index is 9.72. The highest BCUT2D eigenvalue weighted by atomic mass is 15.2. The molecule has 0 atom stereocenters. The van der Waals surface area contributed by atoms with Crippen molar-refractivity contribution >= 4 is 57.2 Å². The van der Waals surface area contributed by atoms with Gasteiger partial charge in [-0.05, 0) is 187 Å². The fourth-order valence-electron chi connectivity index (χ4n) is 16.0. The number of benzene rings is 13. The summed E-state index contributed by atoms with van der Waals surface area (Å²) in [4.78, 5) is 5.17. The molecule has 3 heteroatoms. The van der Waals surface area contributed by atoms with Crippen molar-refractivity contribution < 1.29 is 6.85 Å². The summed E-state index contributed by atoms with van der Waals surface area (Å²) in [6.45, 7) is 32.0. The summed E-state index contributed by atoms with van der Waals surface area (Å²) in [5, 5.41) is 0. The molecule has 100 heavy (non-hydrogen) atoms. The standard InChI is InChI=1S/C97H89BN2/c1-93(2,3)71-51-69(52-72(57-71)94(4,5)6)67-48-50-85-84(53-67)98-83-49-47-68(62-33-20-15-21-34-62)54-86(83)100(92-79(65-39-26-18-27-40-65)60-74(96(10,11)12)61-80(92)66-41-28-19-29-42-66)88-56-70(75-44-32-46-82-89(75)76-43-30-31-45-81(76)97(82,13)14)55-87(90(88)98)99(85)91-77(63-35-22-16-23-36-63)58-73(95(7,8)9)59-78(91)64-37-24-17-25-38-64/h15-61H,1-14H3/i15D,20D,21D,33D,34D. The molecule has 0 fully saturated rings. The molecule has 0 spiro atoms. The highest BCUT2D eigenvalue weighted by Crippen LogP contribution is 2.58. The van der Waals surface area contributed by atoms with Crippen molar-refractivity contribution in [1.82, 2.24) is 0 Å². The molecule has 0 aromatic heterocycles. The van der Waals surface area contributed by atoms with Crippen LogP contribution in [0.4, 0.5) is 34.1 Å². The molecule has 2 aliphatic heterocycles. The van der Waals surface area contributed by atoms with Gasteiger partial charge in [0, 0.05) is 50.4 Å². The third-order valence-electron chi connectivity index (χ3n) is 21.5. The van der Waals surface area contributed by atoms with Crippen molar-refractivity contribution in [2.24, 2.45) is 0 Å². The number of nitrogens with zero attached hydrogens (tertiary/aromatic N) is 2. The third-order valence-corrected chi connectivity index (χ3v) is 21.5. The highest BCUT2D eigenvalue weighted by molar-refractivity contribution is 7.00. The Morgan fingerprint density at radius 3 is 1.17 bits per heavy atom. The lowest BCUT2D eigenvalue weighted by Crippen LogP contribution is -2.61. The van der Waals surface area contributed by atoms with Crippen LogP contribution in [-0.4, -0.2) is 6.71 Å². The van der Waals surface area contributed by atoms with Crippen LogP contribution in [0.3, 0.4) is 0 Å². The fraction of sp³-hybridized carbons (Fsp3) is 0.196. The van der Waals surface area contributed by atoms with Gasteiger partial charge < -0.3 is 9.80 Å². The monoisotopic (exact) mass is 1300 g/mol. The lowest BCUT2D eigenvalue weighted by molar-refractivity contribution is 0.569. The first kappa shape index (κ1) is 58.5. The summed E-state index contributed by atoms with van der Waals surface area (Å²) in [6, 6.07) is 93.3. The predicted octanol–water partition coefficient (Wildman–Crippen LogP) is 24.9. The van der Waals surface area contributed by atoms with E-state index in [0.717, 1.165) is 117 Å². The van der Waals surface area contributed by atoms with E-state index in [1.54, 1.807) is 0 Å². The highest BCUT2D eigenvalue weighted by Gasteiger charge is 2.47. The second-order valence-corrected chi connectivity index (χ2v) is 32.6. The van der Waals surface area contributed by atoms with E-state index in [0.29, 0.717) is 5.56 Å². The van der Waals surface area contributed by atoms with Crippen molar-refractivity contribution in [3.63, 3.8) is 0 Å². The van der Waals surface area contributed by atoms with Crippen LogP contribution in [0.2, 0.25) is 0 Å². The second-order valence-electron chi connectivity index (χ2n) is 32.6. The summed E-state index contributed by atoms with van der Waals surface area (Å²) in [5.74, 6) is 0. The van der Waals surface area contributed by atoms with Gasteiger partial charge in [-0.25, -0.2) is 0 Å². The molecule has 1 aliphatic carbocycles. The Morgan fingerprint density at radius 1 is 0.290 bits per heavy atom. The van der Waals surface area contributed by atoms with Gasteiger partial charge in [0.2, 0.25) is 0 Å². The molecular formula is C97H89BN2. The molecule has 0 bridgehead atoms. The number of hydrogen-bond donors (Lipinski definition) is 0. The van der Waals surface area contributed by atoms with Crippen molar-refractivity contribution in [3.8, 4) is 89.0 Å². The Kier molecular flexibility index (Phi) is 14.0. The number of anilines is 6. The van der Waals surface area contributed by atoms with Crippen LogP contribution in [0.25, 0.3) is 89.0 Å². The molecular weight excluding hydrogens is 1200 g/mol. The smallest absolute Gasteiger partial charge is 0.252 e. The first-order valence-corrected chi connectivity index (χ1v) is 35.6. The minimum absolute atomic E-state index is 0.145. The minimum atomic E-state index is -0.451. The zero-order chi connectivity index (χ0) is 73.7. The number of rotatable bonds is 9. The SMILES string of the molecule is [2H]c1c([2H])c([2H])c(-c2ccc3c(c2)N(c2c(-c4ccccc4)cc(C(C)(C)C)cc2-c2ccccc2)c2cc(-c4cccc5c4-c4ccccc4C5(C)C)cc4c2B3c2cc(-c3cc(C(C)(C)C)cc(C(C)(C)C)c3)ccc2N4c2c(-c3ccccc3)cc(C(C)(C)C)cc2-c2ccccc2)c([2H])c1[2H]. The van der Waals surface area contributed by atoms with Gasteiger partial charge in [-0.15, -0.1) is 0 Å². The molecule has 490 valence electrons.